The number of aliphatic carboxylic acids is 1. The number of aryl methyl sites for hydroxylation is 1. The molecule has 0 amide bonds. The standard InChI is InChI=1S/C25H25N3O5/c1-2-31-25-20(10-13-23(29)30)15-28(27-25)14-18-8-11-22(12-9-18)32-16-21-17-33-24(26-21)19-6-4-3-5-7-19/h3-9,11-12,15,17H,2,10,13-14,16H2,1H3,(H,29,30). The zero-order valence-electron chi connectivity index (χ0n) is 18.3. The number of ether oxygens (including phenoxy) is 2. The summed E-state index contributed by atoms with van der Waals surface area (Å²) < 4.78 is 18.7. The lowest BCUT2D eigenvalue weighted by Gasteiger charge is -2.06. The minimum Gasteiger partial charge on any atom is -0.487 e. The highest BCUT2D eigenvalue weighted by molar-refractivity contribution is 5.67. The summed E-state index contributed by atoms with van der Waals surface area (Å²) in [4.78, 5) is 15.4. The topological polar surface area (TPSA) is 99.6 Å². The van der Waals surface area contributed by atoms with Crippen LogP contribution in [0.3, 0.4) is 0 Å². The van der Waals surface area contributed by atoms with Crippen LogP contribution in [-0.4, -0.2) is 32.4 Å². The summed E-state index contributed by atoms with van der Waals surface area (Å²) >= 11 is 0. The molecule has 0 aliphatic heterocycles. The van der Waals surface area contributed by atoms with Crippen LogP contribution in [0, 0.1) is 0 Å². The van der Waals surface area contributed by atoms with Crippen molar-refractivity contribution in [2.45, 2.75) is 32.9 Å². The second-order valence-electron chi connectivity index (χ2n) is 7.43. The molecule has 0 saturated heterocycles. The maximum atomic E-state index is 10.9. The molecule has 0 unspecified atom stereocenters. The van der Waals surface area contributed by atoms with E-state index in [0.717, 1.165) is 22.4 Å². The predicted octanol–water partition coefficient (Wildman–Crippen LogP) is 4.58. The summed E-state index contributed by atoms with van der Waals surface area (Å²) in [5.74, 6) is 0.933. The summed E-state index contributed by atoms with van der Waals surface area (Å²) in [5, 5.41) is 13.4. The molecule has 170 valence electrons. The third kappa shape index (κ3) is 6.00. The van der Waals surface area contributed by atoms with Gasteiger partial charge in [0.25, 0.3) is 0 Å². The van der Waals surface area contributed by atoms with Crippen molar-refractivity contribution in [3.05, 3.63) is 83.9 Å². The van der Waals surface area contributed by atoms with Crippen LogP contribution in [0.1, 0.15) is 30.2 Å². The van der Waals surface area contributed by atoms with Gasteiger partial charge in [0.05, 0.1) is 13.2 Å². The predicted molar refractivity (Wildman–Crippen MR) is 121 cm³/mol. The lowest BCUT2D eigenvalue weighted by Crippen LogP contribution is -2.01. The smallest absolute Gasteiger partial charge is 0.303 e. The highest BCUT2D eigenvalue weighted by atomic mass is 16.5. The molecule has 0 aliphatic carbocycles. The van der Waals surface area contributed by atoms with Gasteiger partial charge in [0, 0.05) is 23.7 Å². The number of carboxylic acids is 1. The van der Waals surface area contributed by atoms with Gasteiger partial charge in [-0.1, -0.05) is 30.3 Å². The van der Waals surface area contributed by atoms with Crippen LogP contribution in [0.2, 0.25) is 0 Å². The molecule has 0 bridgehead atoms. The fraction of sp³-hybridized carbons (Fsp3) is 0.240. The number of carboxylic acid groups (broad SMARTS) is 1. The normalized spacial score (nSPS) is 10.8. The second kappa shape index (κ2) is 10.5. The van der Waals surface area contributed by atoms with Crippen molar-refractivity contribution in [1.82, 2.24) is 14.8 Å². The lowest BCUT2D eigenvalue weighted by molar-refractivity contribution is -0.136. The molecule has 0 aliphatic rings. The minimum atomic E-state index is -0.845. The Hall–Kier alpha value is -4.07. The van der Waals surface area contributed by atoms with Gasteiger partial charge in [-0.05, 0) is 43.2 Å². The molecule has 8 heteroatoms. The van der Waals surface area contributed by atoms with E-state index in [1.54, 1.807) is 10.9 Å². The van der Waals surface area contributed by atoms with E-state index < -0.39 is 5.97 Å². The van der Waals surface area contributed by atoms with Crippen molar-refractivity contribution in [2.75, 3.05) is 6.61 Å². The van der Waals surface area contributed by atoms with Crippen molar-refractivity contribution in [2.24, 2.45) is 0 Å². The van der Waals surface area contributed by atoms with E-state index in [4.69, 9.17) is 19.0 Å². The Labute approximate surface area is 191 Å². The zero-order chi connectivity index (χ0) is 23.0. The molecule has 0 radical (unpaired) electrons. The average molecular weight is 447 g/mol. The zero-order valence-corrected chi connectivity index (χ0v) is 18.3. The van der Waals surface area contributed by atoms with Gasteiger partial charge >= 0.3 is 5.97 Å². The van der Waals surface area contributed by atoms with Crippen LogP contribution in [0.4, 0.5) is 0 Å². The largest absolute Gasteiger partial charge is 0.487 e. The number of aromatic nitrogens is 3. The number of benzene rings is 2. The van der Waals surface area contributed by atoms with E-state index in [1.807, 2.05) is 67.7 Å². The van der Waals surface area contributed by atoms with E-state index in [1.165, 1.54) is 0 Å². The van der Waals surface area contributed by atoms with Gasteiger partial charge in [-0.15, -0.1) is 5.10 Å². The molecule has 2 heterocycles. The van der Waals surface area contributed by atoms with Gasteiger partial charge in [-0.3, -0.25) is 9.48 Å². The molecule has 4 aromatic rings. The first-order valence-corrected chi connectivity index (χ1v) is 10.7. The van der Waals surface area contributed by atoms with Crippen molar-refractivity contribution in [3.63, 3.8) is 0 Å². The van der Waals surface area contributed by atoms with Gasteiger partial charge in [-0.2, -0.15) is 0 Å². The Morgan fingerprint density at radius 3 is 2.61 bits per heavy atom. The highest BCUT2D eigenvalue weighted by Crippen LogP contribution is 2.21. The first-order valence-electron chi connectivity index (χ1n) is 10.7. The van der Waals surface area contributed by atoms with Crippen LogP contribution in [0.5, 0.6) is 11.6 Å². The fourth-order valence-electron chi connectivity index (χ4n) is 3.32. The molecule has 1 N–H and O–H groups in total. The molecule has 0 fully saturated rings. The molecule has 0 spiro atoms. The Morgan fingerprint density at radius 2 is 1.88 bits per heavy atom. The molecule has 33 heavy (non-hydrogen) atoms. The maximum Gasteiger partial charge on any atom is 0.303 e. The average Bonchev–Trinajstić information content (AvgIpc) is 3.45. The first kappa shape index (κ1) is 22.1. The van der Waals surface area contributed by atoms with Gasteiger partial charge in [0.15, 0.2) is 0 Å². The lowest BCUT2D eigenvalue weighted by atomic mass is 10.2. The number of hydrogen-bond donors (Lipinski definition) is 1. The van der Waals surface area contributed by atoms with Gasteiger partial charge < -0.3 is 19.0 Å². The van der Waals surface area contributed by atoms with Crippen molar-refractivity contribution in [3.8, 4) is 23.1 Å². The Balaban J connectivity index is 1.34. The quantitative estimate of drug-likeness (QED) is 0.359. The Morgan fingerprint density at radius 1 is 1.09 bits per heavy atom. The fourth-order valence-corrected chi connectivity index (χ4v) is 3.32. The van der Waals surface area contributed by atoms with E-state index in [0.29, 0.717) is 43.6 Å². The van der Waals surface area contributed by atoms with Crippen LogP contribution in [0.15, 0.2) is 71.5 Å². The summed E-state index contributed by atoms with van der Waals surface area (Å²) in [5.41, 5.74) is 3.46. The number of hydrogen-bond acceptors (Lipinski definition) is 6. The summed E-state index contributed by atoms with van der Waals surface area (Å²) in [6.07, 6.45) is 3.86. The van der Waals surface area contributed by atoms with Crippen LogP contribution < -0.4 is 9.47 Å². The van der Waals surface area contributed by atoms with Crippen molar-refractivity contribution < 1.29 is 23.8 Å². The van der Waals surface area contributed by atoms with E-state index in [9.17, 15) is 4.79 Å². The van der Waals surface area contributed by atoms with Crippen LogP contribution >= 0.6 is 0 Å². The van der Waals surface area contributed by atoms with Gasteiger partial charge in [0.1, 0.15) is 24.3 Å². The van der Waals surface area contributed by atoms with E-state index in [-0.39, 0.29) is 6.42 Å². The van der Waals surface area contributed by atoms with Gasteiger partial charge in [0.2, 0.25) is 11.8 Å². The maximum absolute atomic E-state index is 10.9. The number of carbonyl (C=O) groups is 1. The minimum absolute atomic E-state index is 0.0379. The first-order chi connectivity index (χ1) is 16.1. The summed E-state index contributed by atoms with van der Waals surface area (Å²) in [6.45, 7) is 3.19. The Bertz CT molecular complexity index is 1180. The molecular weight excluding hydrogens is 422 g/mol. The molecular formula is C25H25N3O5. The summed E-state index contributed by atoms with van der Waals surface area (Å²) in [7, 11) is 0. The van der Waals surface area contributed by atoms with Crippen LogP contribution in [-0.2, 0) is 24.4 Å². The molecule has 0 saturated carbocycles. The van der Waals surface area contributed by atoms with Crippen molar-refractivity contribution >= 4 is 5.97 Å². The van der Waals surface area contributed by atoms with Crippen molar-refractivity contribution in [1.29, 1.82) is 0 Å². The Kier molecular flexibility index (Phi) is 7.04. The second-order valence-corrected chi connectivity index (χ2v) is 7.43. The third-order valence-electron chi connectivity index (χ3n) is 4.92. The molecule has 8 nitrogen and oxygen atoms in total. The monoisotopic (exact) mass is 447 g/mol. The molecule has 4 rings (SSSR count). The number of oxazole rings is 1. The molecule has 2 aromatic carbocycles. The van der Waals surface area contributed by atoms with E-state index >= 15 is 0 Å². The summed E-state index contributed by atoms with van der Waals surface area (Å²) in [6, 6.07) is 17.4. The molecule has 0 atom stereocenters. The SMILES string of the molecule is CCOc1nn(Cc2ccc(OCc3coc(-c4ccccc4)n3)cc2)cc1CCC(=O)O. The highest BCUT2D eigenvalue weighted by Gasteiger charge is 2.12. The van der Waals surface area contributed by atoms with Crippen LogP contribution in [0.25, 0.3) is 11.5 Å². The molecule has 2 aromatic heterocycles. The van der Waals surface area contributed by atoms with Gasteiger partial charge in [-0.25, -0.2) is 4.98 Å². The number of nitrogens with zero attached hydrogens (tertiary/aromatic N) is 3. The van der Waals surface area contributed by atoms with E-state index in [2.05, 4.69) is 10.1 Å². The third-order valence-corrected chi connectivity index (χ3v) is 4.92. The number of rotatable bonds is 11.